The molecule has 0 bridgehead atoms. The summed E-state index contributed by atoms with van der Waals surface area (Å²) in [6.45, 7) is 0. The Kier molecular flexibility index (Phi) is 3.16. The largest absolute Gasteiger partial charge is 0.480 e. The van der Waals surface area contributed by atoms with Gasteiger partial charge in [0.2, 0.25) is 0 Å². The molecule has 0 saturated heterocycles. The summed E-state index contributed by atoms with van der Waals surface area (Å²) in [6.07, 6.45) is 1.50. The SMILES string of the molecule is N[C@@H](C(=O)O)c1ccc(-c2ccccc2)nc1. The first-order chi connectivity index (χ1) is 8.18. The highest BCUT2D eigenvalue weighted by atomic mass is 16.4. The van der Waals surface area contributed by atoms with E-state index in [0.717, 1.165) is 11.3 Å². The topological polar surface area (TPSA) is 76.2 Å². The van der Waals surface area contributed by atoms with E-state index in [0.29, 0.717) is 5.56 Å². The number of carbonyl (C=O) groups is 1. The fourth-order valence-electron chi connectivity index (χ4n) is 1.51. The summed E-state index contributed by atoms with van der Waals surface area (Å²) in [5.74, 6) is -1.06. The minimum Gasteiger partial charge on any atom is -0.480 e. The van der Waals surface area contributed by atoms with Crippen LogP contribution in [0.2, 0.25) is 0 Å². The molecule has 3 N–H and O–H groups in total. The second-order valence-corrected chi connectivity index (χ2v) is 3.66. The Balaban J connectivity index is 2.28. The van der Waals surface area contributed by atoms with Crippen LogP contribution in [0.1, 0.15) is 11.6 Å². The van der Waals surface area contributed by atoms with Gasteiger partial charge in [-0.05, 0) is 11.6 Å². The second-order valence-electron chi connectivity index (χ2n) is 3.66. The molecule has 1 aromatic carbocycles. The number of pyridine rings is 1. The van der Waals surface area contributed by atoms with E-state index in [1.54, 1.807) is 12.1 Å². The predicted octanol–water partition coefficient (Wildman–Crippen LogP) is 1.83. The van der Waals surface area contributed by atoms with Gasteiger partial charge in [-0.2, -0.15) is 0 Å². The first-order valence-corrected chi connectivity index (χ1v) is 5.18. The van der Waals surface area contributed by atoms with Gasteiger partial charge in [0.25, 0.3) is 0 Å². The lowest BCUT2D eigenvalue weighted by molar-refractivity contribution is -0.138. The molecule has 4 heteroatoms. The molecule has 1 aromatic heterocycles. The number of carboxylic acids is 1. The van der Waals surface area contributed by atoms with E-state index in [1.165, 1.54) is 6.20 Å². The molecule has 0 aliphatic rings. The van der Waals surface area contributed by atoms with E-state index in [1.807, 2.05) is 30.3 Å². The normalized spacial score (nSPS) is 12.1. The molecular weight excluding hydrogens is 216 g/mol. The molecule has 0 aliphatic carbocycles. The van der Waals surface area contributed by atoms with Gasteiger partial charge in [-0.3, -0.25) is 9.78 Å². The summed E-state index contributed by atoms with van der Waals surface area (Å²) < 4.78 is 0. The zero-order valence-electron chi connectivity index (χ0n) is 9.08. The van der Waals surface area contributed by atoms with Crippen molar-refractivity contribution in [1.82, 2.24) is 4.98 Å². The lowest BCUT2D eigenvalue weighted by atomic mass is 10.1. The third kappa shape index (κ3) is 2.49. The number of benzene rings is 1. The summed E-state index contributed by atoms with van der Waals surface area (Å²) in [5.41, 5.74) is 7.77. The third-order valence-electron chi connectivity index (χ3n) is 2.48. The van der Waals surface area contributed by atoms with Gasteiger partial charge in [0.15, 0.2) is 0 Å². The zero-order chi connectivity index (χ0) is 12.3. The molecule has 2 rings (SSSR count). The van der Waals surface area contributed by atoms with Crippen molar-refractivity contribution < 1.29 is 9.90 Å². The van der Waals surface area contributed by atoms with Gasteiger partial charge in [-0.15, -0.1) is 0 Å². The quantitative estimate of drug-likeness (QED) is 0.840. The van der Waals surface area contributed by atoms with Crippen LogP contribution >= 0.6 is 0 Å². The molecule has 0 aliphatic heterocycles. The van der Waals surface area contributed by atoms with Crippen LogP contribution in [0.4, 0.5) is 0 Å². The molecular formula is C13H12N2O2. The molecule has 0 radical (unpaired) electrons. The zero-order valence-corrected chi connectivity index (χ0v) is 9.08. The highest BCUT2D eigenvalue weighted by molar-refractivity contribution is 5.75. The second kappa shape index (κ2) is 4.76. The highest BCUT2D eigenvalue weighted by Crippen LogP contribution is 2.18. The van der Waals surface area contributed by atoms with E-state index in [-0.39, 0.29) is 0 Å². The van der Waals surface area contributed by atoms with Crippen LogP contribution in [0.25, 0.3) is 11.3 Å². The van der Waals surface area contributed by atoms with Crippen molar-refractivity contribution in [2.75, 3.05) is 0 Å². The van der Waals surface area contributed by atoms with Crippen molar-refractivity contribution in [2.24, 2.45) is 5.73 Å². The molecule has 0 unspecified atom stereocenters. The molecule has 0 saturated carbocycles. The number of carboxylic acid groups (broad SMARTS) is 1. The number of nitrogens with two attached hydrogens (primary N) is 1. The number of nitrogens with zero attached hydrogens (tertiary/aromatic N) is 1. The number of aliphatic carboxylic acids is 1. The van der Waals surface area contributed by atoms with Gasteiger partial charge in [-0.1, -0.05) is 36.4 Å². The lowest BCUT2D eigenvalue weighted by Gasteiger charge is -2.07. The Bertz CT molecular complexity index is 509. The van der Waals surface area contributed by atoms with Crippen LogP contribution in [0.15, 0.2) is 48.7 Å². The molecule has 17 heavy (non-hydrogen) atoms. The highest BCUT2D eigenvalue weighted by Gasteiger charge is 2.14. The third-order valence-corrected chi connectivity index (χ3v) is 2.48. The molecule has 0 fully saturated rings. The van der Waals surface area contributed by atoms with Crippen molar-refractivity contribution in [3.8, 4) is 11.3 Å². The van der Waals surface area contributed by atoms with Crippen LogP contribution in [-0.4, -0.2) is 16.1 Å². The lowest BCUT2D eigenvalue weighted by Crippen LogP contribution is -2.20. The molecule has 1 heterocycles. The average molecular weight is 228 g/mol. The maximum atomic E-state index is 10.7. The van der Waals surface area contributed by atoms with Crippen LogP contribution in [-0.2, 0) is 4.79 Å². The van der Waals surface area contributed by atoms with E-state index in [4.69, 9.17) is 10.8 Å². The van der Waals surface area contributed by atoms with Crippen molar-refractivity contribution in [2.45, 2.75) is 6.04 Å². The molecule has 0 amide bonds. The Labute approximate surface area is 98.7 Å². The molecule has 1 atom stereocenters. The smallest absolute Gasteiger partial charge is 0.325 e. The maximum absolute atomic E-state index is 10.7. The molecule has 2 aromatic rings. The summed E-state index contributed by atoms with van der Waals surface area (Å²) in [5, 5.41) is 8.77. The van der Waals surface area contributed by atoms with Gasteiger partial charge >= 0.3 is 5.97 Å². The Morgan fingerprint density at radius 2 is 1.88 bits per heavy atom. The summed E-state index contributed by atoms with van der Waals surface area (Å²) in [7, 11) is 0. The Morgan fingerprint density at radius 1 is 1.18 bits per heavy atom. The first kappa shape index (κ1) is 11.3. The van der Waals surface area contributed by atoms with Crippen LogP contribution in [0.3, 0.4) is 0 Å². The van der Waals surface area contributed by atoms with Crippen LogP contribution in [0, 0.1) is 0 Å². The van der Waals surface area contributed by atoms with Crippen molar-refractivity contribution in [1.29, 1.82) is 0 Å². The predicted molar refractivity (Wildman–Crippen MR) is 64.2 cm³/mol. The number of hydrogen-bond donors (Lipinski definition) is 2. The minimum atomic E-state index is -1.06. The van der Waals surface area contributed by atoms with Crippen LogP contribution < -0.4 is 5.73 Å². The first-order valence-electron chi connectivity index (χ1n) is 5.18. The monoisotopic (exact) mass is 228 g/mol. The van der Waals surface area contributed by atoms with Crippen molar-refractivity contribution in [3.63, 3.8) is 0 Å². The fourth-order valence-corrected chi connectivity index (χ4v) is 1.51. The number of aromatic nitrogens is 1. The Hall–Kier alpha value is -2.20. The average Bonchev–Trinajstić information content (AvgIpc) is 2.39. The summed E-state index contributed by atoms with van der Waals surface area (Å²) in [4.78, 5) is 14.9. The molecule has 86 valence electrons. The van der Waals surface area contributed by atoms with Crippen molar-refractivity contribution in [3.05, 3.63) is 54.2 Å². The summed E-state index contributed by atoms with van der Waals surface area (Å²) in [6, 6.07) is 12.1. The van der Waals surface area contributed by atoms with E-state index >= 15 is 0 Å². The number of rotatable bonds is 3. The fraction of sp³-hybridized carbons (Fsp3) is 0.0769. The maximum Gasteiger partial charge on any atom is 0.325 e. The van der Waals surface area contributed by atoms with Gasteiger partial charge < -0.3 is 10.8 Å². The summed E-state index contributed by atoms with van der Waals surface area (Å²) >= 11 is 0. The van der Waals surface area contributed by atoms with Gasteiger partial charge in [-0.25, -0.2) is 0 Å². The van der Waals surface area contributed by atoms with Crippen LogP contribution in [0.5, 0.6) is 0 Å². The Morgan fingerprint density at radius 3 is 2.41 bits per heavy atom. The van der Waals surface area contributed by atoms with E-state index in [2.05, 4.69) is 4.98 Å². The van der Waals surface area contributed by atoms with E-state index < -0.39 is 12.0 Å². The van der Waals surface area contributed by atoms with Crippen molar-refractivity contribution >= 4 is 5.97 Å². The number of hydrogen-bond acceptors (Lipinski definition) is 3. The van der Waals surface area contributed by atoms with E-state index in [9.17, 15) is 4.79 Å². The minimum absolute atomic E-state index is 0.497. The van der Waals surface area contributed by atoms with Gasteiger partial charge in [0.1, 0.15) is 6.04 Å². The molecule has 4 nitrogen and oxygen atoms in total. The standard InChI is InChI=1S/C13H12N2O2/c14-12(13(16)17)10-6-7-11(15-8-10)9-4-2-1-3-5-9/h1-8,12H,14H2,(H,16,17)/t12-/m1/s1. The van der Waals surface area contributed by atoms with Gasteiger partial charge in [0, 0.05) is 11.8 Å². The van der Waals surface area contributed by atoms with Gasteiger partial charge in [0.05, 0.1) is 5.69 Å². The molecule has 0 spiro atoms.